The summed E-state index contributed by atoms with van der Waals surface area (Å²) in [7, 11) is 0. The van der Waals surface area contributed by atoms with Gasteiger partial charge in [-0.2, -0.15) is 0 Å². The highest BCUT2D eigenvalue weighted by Crippen LogP contribution is 2.45. The second kappa shape index (κ2) is 5.09. The smallest absolute Gasteiger partial charge is 0.311 e. The first-order valence-corrected chi connectivity index (χ1v) is 7.87. The monoisotopic (exact) mass is 348 g/mol. The zero-order valence-corrected chi connectivity index (χ0v) is 13.7. The average molecular weight is 349 g/mol. The van der Waals surface area contributed by atoms with E-state index in [1.807, 2.05) is 38.1 Å². The quantitative estimate of drug-likeness (QED) is 0.717. The zero-order valence-electron chi connectivity index (χ0n) is 12.1. The summed E-state index contributed by atoms with van der Waals surface area (Å²) in [6.45, 7) is 4.07. The third-order valence-electron chi connectivity index (χ3n) is 4.11. The van der Waals surface area contributed by atoms with E-state index in [1.54, 1.807) is 0 Å². The highest BCUT2D eigenvalue weighted by molar-refractivity contribution is 9.10. The van der Waals surface area contributed by atoms with E-state index in [-0.39, 0.29) is 29.5 Å². The number of halogens is 1. The van der Waals surface area contributed by atoms with Crippen LogP contribution in [0.3, 0.4) is 0 Å². The molecule has 0 radical (unpaired) electrons. The Kier molecular flexibility index (Phi) is 3.52. The Morgan fingerprint density at radius 1 is 1.14 bits per heavy atom. The van der Waals surface area contributed by atoms with Crippen LogP contribution >= 0.6 is 15.9 Å². The van der Waals surface area contributed by atoms with Crippen LogP contribution in [0.2, 0.25) is 0 Å². The molecule has 110 valence electrons. The fourth-order valence-corrected chi connectivity index (χ4v) is 3.45. The molecule has 1 aromatic rings. The lowest BCUT2D eigenvalue weighted by Gasteiger charge is -2.36. The number of esters is 1. The molecule has 0 fully saturated rings. The van der Waals surface area contributed by atoms with E-state index in [9.17, 15) is 9.59 Å². The fourth-order valence-electron chi connectivity index (χ4n) is 3.18. The Morgan fingerprint density at radius 3 is 2.48 bits per heavy atom. The number of allylic oxidation sites excluding steroid dienone is 2. The van der Waals surface area contributed by atoms with Crippen molar-refractivity contribution in [3.8, 4) is 0 Å². The molecule has 3 rings (SSSR count). The van der Waals surface area contributed by atoms with Gasteiger partial charge in [0.05, 0.1) is 6.42 Å². The summed E-state index contributed by atoms with van der Waals surface area (Å²) in [6, 6.07) is 7.80. The van der Waals surface area contributed by atoms with E-state index in [4.69, 9.17) is 4.74 Å². The van der Waals surface area contributed by atoms with Gasteiger partial charge in [-0.3, -0.25) is 9.59 Å². The lowest BCUT2D eigenvalue weighted by Crippen LogP contribution is -2.33. The van der Waals surface area contributed by atoms with Gasteiger partial charge < -0.3 is 4.74 Å². The normalized spacial score (nSPS) is 24.6. The second-order valence-corrected chi connectivity index (χ2v) is 7.48. The molecule has 0 amide bonds. The number of Topliss-reactive ketones (excluding diaryl/α,β-unsaturated/α-hetero) is 1. The molecular formula is C17H17BrO3. The van der Waals surface area contributed by atoms with Gasteiger partial charge in [0.25, 0.3) is 0 Å². The van der Waals surface area contributed by atoms with Gasteiger partial charge in [0.15, 0.2) is 5.78 Å². The number of carbonyl (C=O) groups is 2. The molecule has 0 aromatic heterocycles. The second-order valence-electron chi connectivity index (χ2n) is 6.56. The Bertz CT molecular complexity index is 641. The van der Waals surface area contributed by atoms with Crippen LogP contribution in [-0.2, 0) is 14.3 Å². The number of carbonyl (C=O) groups excluding carboxylic acids is 2. The van der Waals surface area contributed by atoms with E-state index in [2.05, 4.69) is 15.9 Å². The van der Waals surface area contributed by atoms with Crippen molar-refractivity contribution >= 4 is 27.7 Å². The van der Waals surface area contributed by atoms with Gasteiger partial charge >= 0.3 is 5.97 Å². The maximum atomic E-state index is 12.5. The van der Waals surface area contributed by atoms with Crippen LogP contribution in [0.5, 0.6) is 0 Å². The van der Waals surface area contributed by atoms with Crippen LogP contribution in [0.4, 0.5) is 0 Å². The topological polar surface area (TPSA) is 43.4 Å². The minimum absolute atomic E-state index is 0.113. The Morgan fingerprint density at radius 2 is 1.81 bits per heavy atom. The average Bonchev–Trinajstić information content (AvgIpc) is 2.36. The summed E-state index contributed by atoms with van der Waals surface area (Å²) >= 11 is 3.41. The van der Waals surface area contributed by atoms with Gasteiger partial charge in [0, 0.05) is 28.8 Å². The molecule has 0 spiro atoms. The van der Waals surface area contributed by atoms with E-state index in [0.717, 1.165) is 10.0 Å². The van der Waals surface area contributed by atoms with Crippen molar-refractivity contribution in [2.75, 3.05) is 0 Å². The van der Waals surface area contributed by atoms with Crippen molar-refractivity contribution in [3.05, 3.63) is 45.6 Å². The number of rotatable bonds is 1. The summed E-state index contributed by atoms with van der Waals surface area (Å²) in [5.74, 6) is 0.284. The fraction of sp³-hybridized carbons (Fsp3) is 0.412. The van der Waals surface area contributed by atoms with Gasteiger partial charge in [0.1, 0.15) is 5.76 Å². The SMILES string of the molecule is CC1(C)CC(=O)C2=C(C1)OC(=O)CC2c1ccc(Br)cc1. The highest BCUT2D eigenvalue weighted by atomic mass is 79.9. The van der Waals surface area contributed by atoms with Crippen LogP contribution in [0.15, 0.2) is 40.1 Å². The number of ketones is 1. The molecule has 0 bridgehead atoms. The molecule has 21 heavy (non-hydrogen) atoms. The van der Waals surface area contributed by atoms with Crippen LogP contribution in [0.25, 0.3) is 0 Å². The molecule has 1 unspecified atom stereocenters. The van der Waals surface area contributed by atoms with Crippen molar-refractivity contribution in [3.63, 3.8) is 0 Å². The Labute approximate surface area is 132 Å². The minimum atomic E-state index is -0.243. The molecule has 4 heteroatoms. The van der Waals surface area contributed by atoms with Crippen LogP contribution in [0.1, 0.15) is 44.6 Å². The zero-order chi connectivity index (χ0) is 15.2. The molecule has 0 saturated carbocycles. The molecule has 1 atom stereocenters. The Hall–Kier alpha value is -1.42. The molecular weight excluding hydrogens is 332 g/mol. The molecule has 3 nitrogen and oxygen atoms in total. The van der Waals surface area contributed by atoms with Crippen LogP contribution in [-0.4, -0.2) is 11.8 Å². The summed E-state index contributed by atoms with van der Waals surface area (Å²) in [6.07, 6.45) is 1.40. The summed E-state index contributed by atoms with van der Waals surface area (Å²) in [5.41, 5.74) is 1.56. The molecule has 0 N–H and O–H groups in total. The maximum Gasteiger partial charge on any atom is 0.311 e. The van der Waals surface area contributed by atoms with Gasteiger partial charge in [-0.15, -0.1) is 0 Å². The molecule has 1 aliphatic heterocycles. The first kappa shape index (κ1) is 14.5. The molecule has 0 saturated heterocycles. The van der Waals surface area contributed by atoms with Crippen LogP contribution in [0, 0.1) is 5.41 Å². The predicted molar refractivity (Wildman–Crippen MR) is 82.6 cm³/mol. The predicted octanol–water partition coefficient (Wildman–Crippen LogP) is 4.12. The lowest BCUT2D eigenvalue weighted by atomic mass is 9.71. The standard InChI is InChI=1S/C17H17BrO3/c1-17(2)8-13(19)16-12(7-15(20)21-14(16)9-17)10-3-5-11(18)6-4-10/h3-6,12H,7-9H2,1-2H3. The van der Waals surface area contributed by atoms with Gasteiger partial charge in [0.2, 0.25) is 0 Å². The number of hydrogen-bond donors (Lipinski definition) is 0. The molecule has 2 aliphatic rings. The largest absolute Gasteiger partial charge is 0.431 e. The van der Waals surface area contributed by atoms with Crippen molar-refractivity contribution in [1.82, 2.24) is 0 Å². The van der Waals surface area contributed by atoms with Gasteiger partial charge in [-0.05, 0) is 23.1 Å². The van der Waals surface area contributed by atoms with Crippen LogP contribution < -0.4 is 0 Å². The number of ether oxygens (including phenoxy) is 1. The maximum absolute atomic E-state index is 12.5. The van der Waals surface area contributed by atoms with E-state index in [0.29, 0.717) is 24.2 Å². The number of hydrogen-bond acceptors (Lipinski definition) is 3. The first-order chi connectivity index (χ1) is 9.85. The van der Waals surface area contributed by atoms with Crippen molar-refractivity contribution < 1.29 is 14.3 Å². The third-order valence-corrected chi connectivity index (χ3v) is 4.64. The lowest BCUT2D eigenvalue weighted by molar-refractivity contribution is -0.142. The van der Waals surface area contributed by atoms with E-state index in [1.165, 1.54) is 0 Å². The first-order valence-electron chi connectivity index (χ1n) is 7.08. The van der Waals surface area contributed by atoms with E-state index < -0.39 is 0 Å². The number of benzene rings is 1. The molecule has 1 aromatic carbocycles. The summed E-state index contributed by atoms with van der Waals surface area (Å²) in [5, 5.41) is 0. The summed E-state index contributed by atoms with van der Waals surface area (Å²) < 4.78 is 6.36. The third kappa shape index (κ3) is 2.82. The summed E-state index contributed by atoms with van der Waals surface area (Å²) in [4.78, 5) is 24.5. The minimum Gasteiger partial charge on any atom is -0.431 e. The molecule has 1 aliphatic carbocycles. The van der Waals surface area contributed by atoms with Gasteiger partial charge in [-0.1, -0.05) is 41.9 Å². The van der Waals surface area contributed by atoms with Crippen molar-refractivity contribution in [1.29, 1.82) is 0 Å². The highest BCUT2D eigenvalue weighted by Gasteiger charge is 2.41. The van der Waals surface area contributed by atoms with Gasteiger partial charge in [-0.25, -0.2) is 0 Å². The van der Waals surface area contributed by atoms with Crippen molar-refractivity contribution in [2.45, 2.75) is 39.0 Å². The Balaban J connectivity index is 2.06. The van der Waals surface area contributed by atoms with E-state index >= 15 is 0 Å². The molecule has 1 heterocycles. The van der Waals surface area contributed by atoms with Crippen molar-refractivity contribution in [2.24, 2.45) is 5.41 Å².